The molecule has 0 unspecified atom stereocenters. The van der Waals surface area contributed by atoms with Gasteiger partial charge in [0.2, 0.25) is 0 Å². The van der Waals surface area contributed by atoms with Gasteiger partial charge in [0.1, 0.15) is 5.82 Å². The molecule has 0 atom stereocenters. The normalized spacial score (nSPS) is 10.9. The van der Waals surface area contributed by atoms with Crippen LogP contribution in [0.4, 0.5) is 4.39 Å². The van der Waals surface area contributed by atoms with Crippen molar-refractivity contribution < 1.29 is 4.39 Å². The SMILES string of the molecule is Fc1ccc(-c2cccc3cccc(-c4cccc(Cl)c4)c23)cc1. The molecular weight excluding hydrogens is 319 g/mol. The molecule has 0 N–H and O–H groups in total. The second-order valence-electron chi connectivity index (χ2n) is 5.73. The lowest BCUT2D eigenvalue weighted by Gasteiger charge is -2.13. The maximum atomic E-state index is 13.3. The lowest BCUT2D eigenvalue weighted by molar-refractivity contribution is 0.628. The Bertz CT molecular complexity index is 1010. The smallest absolute Gasteiger partial charge is 0.123 e. The Hall–Kier alpha value is -2.64. The highest BCUT2D eigenvalue weighted by Gasteiger charge is 2.10. The third-order valence-corrected chi connectivity index (χ3v) is 4.43. The van der Waals surface area contributed by atoms with Crippen LogP contribution in [0.1, 0.15) is 0 Å². The molecule has 0 spiro atoms. The number of hydrogen-bond acceptors (Lipinski definition) is 0. The standard InChI is InChI=1S/C22H14ClF/c23-18-7-1-6-17(14-18)21-9-3-5-16-4-2-8-20(22(16)21)15-10-12-19(24)13-11-15/h1-14H. The van der Waals surface area contributed by atoms with Gasteiger partial charge in [0, 0.05) is 5.02 Å². The van der Waals surface area contributed by atoms with E-state index in [1.807, 2.05) is 42.5 Å². The molecule has 0 aliphatic carbocycles. The number of halogens is 2. The first-order valence-electron chi connectivity index (χ1n) is 7.76. The minimum absolute atomic E-state index is 0.228. The maximum Gasteiger partial charge on any atom is 0.123 e. The fourth-order valence-corrected chi connectivity index (χ4v) is 3.30. The van der Waals surface area contributed by atoms with Crippen molar-refractivity contribution in [3.05, 3.63) is 95.8 Å². The van der Waals surface area contributed by atoms with Crippen molar-refractivity contribution in [2.75, 3.05) is 0 Å². The average molecular weight is 333 g/mol. The van der Waals surface area contributed by atoms with E-state index in [0.717, 1.165) is 33.0 Å². The minimum atomic E-state index is -0.228. The van der Waals surface area contributed by atoms with Gasteiger partial charge in [-0.25, -0.2) is 4.39 Å². The van der Waals surface area contributed by atoms with Crippen molar-refractivity contribution in [2.24, 2.45) is 0 Å². The zero-order valence-electron chi connectivity index (χ0n) is 12.8. The fourth-order valence-electron chi connectivity index (χ4n) is 3.11. The summed E-state index contributed by atoms with van der Waals surface area (Å²) in [6, 6.07) is 26.9. The fraction of sp³-hybridized carbons (Fsp3) is 0. The van der Waals surface area contributed by atoms with E-state index in [-0.39, 0.29) is 5.82 Å². The Kier molecular flexibility index (Phi) is 3.79. The summed E-state index contributed by atoms with van der Waals surface area (Å²) in [6.45, 7) is 0. The van der Waals surface area contributed by atoms with Crippen molar-refractivity contribution in [3.63, 3.8) is 0 Å². The van der Waals surface area contributed by atoms with E-state index in [1.165, 1.54) is 12.1 Å². The Morgan fingerprint density at radius 1 is 0.625 bits per heavy atom. The molecule has 0 heterocycles. The highest BCUT2D eigenvalue weighted by molar-refractivity contribution is 6.31. The first kappa shape index (κ1) is 14.9. The molecule has 4 aromatic carbocycles. The van der Waals surface area contributed by atoms with Gasteiger partial charge in [0.15, 0.2) is 0 Å². The number of hydrogen-bond donors (Lipinski definition) is 0. The molecule has 0 aliphatic heterocycles. The molecule has 0 aromatic heterocycles. The lowest BCUT2D eigenvalue weighted by atomic mass is 9.91. The molecule has 0 saturated carbocycles. The Morgan fingerprint density at radius 3 is 1.92 bits per heavy atom. The monoisotopic (exact) mass is 332 g/mol. The van der Waals surface area contributed by atoms with Crippen molar-refractivity contribution >= 4 is 22.4 Å². The molecule has 0 nitrogen and oxygen atoms in total. The van der Waals surface area contributed by atoms with Gasteiger partial charge in [-0.2, -0.15) is 0 Å². The summed E-state index contributed by atoms with van der Waals surface area (Å²) >= 11 is 6.18. The van der Waals surface area contributed by atoms with E-state index < -0.39 is 0 Å². The first-order valence-corrected chi connectivity index (χ1v) is 8.14. The second kappa shape index (κ2) is 6.10. The van der Waals surface area contributed by atoms with Gasteiger partial charge in [0.25, 0.3) is 0 Å². The molecular formula is C22H14ClF. The van der Waals surface area contributed by atoms with Crippen LogP contribution in [0.15, 0.2) is 84.9 Å². The molecule has 0 fully saturated rings. The highest BCUT2D eigenvalue weighted by Crippen LogP contribution is 2.37. The number of benzene rings is 4. The summed E-state index contributed by atoms with van der Waals surface area (Å²) in [5.74, 6) is -0.228. The van der Waals surface area contributed by atoms with E-state index in [4.69, 9.17) is 11.6 Å². The molecule has 0 radical (unpaired) electrons. The largest absolute Gasteiger partial charge is 0.207 e. The predicted octanol–water partition coefficient (Wildman–Crippen LogP) is 6.97. The van der Waals surface area contributed by atoms with Crippen molar-refractivity contribution in [2.45, 2.75) is 0 Å². The zero-order valence-corrected chi connectivity index (χ0v) is 13.6. The van der Waals surface area contributed by atoms with Crippen molar-refractivity contribution in [3.8, 4) is 22.3 Å². The van der Waals surface area contributed by atoms with E-state index in [0.29, 0.717) is 5.02 Å². The van der Waals surface area contributed by atoms with Crippen LogP contribution in [0.2, 0.25) is 5.02 Å². The van der Waals surface area contributed by atoms with Crippen LogP contribution in [0.5, 0.6) is 0 Å². The summed E-state index contributed by atoms with van der Waals surface area (Å²) in [4.78, 5) is 0. The van der Waals surface area contributed by atoms with E-state index in [1.54, 1.807) is 0 Å². The Balaban J connectivity index is 2.03. The number of fused-ring (bicyclic) bond motifs is 1. The molecule has 4 rings (SSSR count). The lowest BCUT2D eigenvalue weighted by Crippen LogP contribution is -1.87. The van der Waals surface area contributed by atoms with Crippen LogP contribution in [0.25, 0.3) is 33.0 Å². The minimum Gasteiger partial charge on any atom is -0.207 e. The van der Waals surface area contributed by atoms with Gasteiger partial charge in [-0.05, 0) is 57.3 Å². The van der Waals surface area contributed by atoms with Crippen LogP contribution in [0, 0.1) is 5.82 Å². The van der Waals surface area contributed by atoms with Gasteiger partial charge >= 0.3 is 0 Å². The van der Waals surface area contributed by atoms with Gasteiger partial charge in [-0.3, -0.25) is 0 Å². The highest BCUT2D eigenvalue weighted by atomic mass is 35.5. The molecule has 0 amide bonds. The predicted molar refractivity (Wildman–Crippen MR) is 99.8 cm³/mol. The summed E-state index contributed by atoms with van der Waals surface area (Å²) < 4.78 is 13.3. The molecule has 0 saturated heterocycles. The third-order valence-electron chi connectivity index (χ3n) is 4.20. The van der Waals surface area contributed by atoms with Gasteiger partial charge in [-0.15, -0.1) is 0 Å². The van der Waals surface area contributed by atoms with E-state index >= 15 is 0 Å². The summed E-state index contributed by atoms with van der Waals surface area (Å²) in [5.41, 5.74) is 4.28. The van der Waals surface area contributed by atoms with Crippen LogP contribution in [-0.4, -0.2) is 0 Å². The van der Waals surface area contributed by atoms with Gasteiger partial charge in [-0.1, -0.05) is 72.3 Å². The van der Waals surface area contributed by atoms with E-state index in [2.05, 4.69) is 30.3 Å². The second-order valence-corrected chi connectivity index (χ2v) is 6.16. The Labute approximate surface area is 145 Å². The van der Waals surface area contributed by atoms with E-state index in [9.17, 15) is 4.39 Å². The maximum absolute atomic E-state index is 13.3. The van der Waals surface area contributed by atoms with Gasteiger partial charge < -0.3 is 0 Å². The topological polar surface area (TPSA) is 0 Å². The molecule has 2 heteroatoms. The van der Waals surface area contributed by atoms with Crippen molar-refractivity contribution in [1.29, 1.82) is 0 Å². The molecule has 4 aromatic rings. The Morgan fingerprint density at radius 2 is 1.25 bits per heavy atom. The van der Waals surface area contributed by atoms with Crippen LogP contribution in [0.3, 0.4) is 0 Å². The molecule has 0 aliphatic rings. The number of rotatable bonds is 2. The third kappa shape index (κ3) is 2.68. The van der Waals surface area contributed by atoms with Crippen LogP contribution >= 0.6 is 11.6 Å². The van der Waals surface area contributed by atoms with Crippen LogP contribution < -0.4 is 0 Å². The average Bonchev–Trinajstić information content (AvgIpc) is 2.61. The van der Waals surface area contributed by atoms with Crippen LogP contribution in [-0.2, 0) is 0 Å². The molecule has 24 heavy (non-hydrogen) atoms. The zero-order chi connectivity index (χ0) is 16.5. The first-order chi connectivity index (χ1) is 11.7. The van der Waals surface area contributed by atoms with Crippen molar-refractivity contribution in [1.82, 2.24) is 0 Å². The summed E-state index contributed by atoms with van der Waals surface area (Å²) in [5, 5.41) is 3.01. The quantitative estimate of drug-likeness (QED) is 0.372. The molecule has 0 bridgehead atoms. The van der Waals surface area contributed by atoms with Gasteiger partial charge in [0.05, 0.1) is 0 Å². The summed E-state index contributed by atoms with van der Waals surface area (Å²) in [7, 11) is 0. The molecule has 116 valence electrons. The summed E-state index contributed by atoms with van der Waals surface area (Å²) in [6.07, 6.45) is 0.